The van der Waals surface area contributed by atoms with Gasteiger partial charge in [-0.1, -0.05) is 42.0 Å². The molecule has 2 aromatic heterocycles. The molecule has 0 aliphatic carbocycles. The first-order valence-electron chi connectivity index (χ1n) is 8.90. The van der Waals surface area contributed by atoms with Crippen molar-refractivity contribution in [3.63, 3.8) is 0 Å². The molecule has 0 amide bonds. The number of nitrogens with one attached hydrogen (secondary N) is 1. The average Bonchev–Trinajstić information content (AvgIpc) is 3.00. The van der Waals surface area contributed by atoms with E-state index < -0.39 is 5.97 Å². The number of anilines is 2. The van der Waals surface area contributed by atoms with Crippen LogP contribution in [0.1, 0.15) is 16.0 Å². The van der Waals surface area contributed by atoms with Gasteiger partial charge in [0.2, 0.25) is 0 Å². The molecule has 0 atom stereocenters. The molecule has 5 nitrogen and oxygen atoms in total. The first-order chi connectivity index (χ1) is 13.5. The molecule has 4 rings (SSSR count). The van der Waals surface area contributed by atoms with Gasteiger partial charge in [-0.25, -0.2) is 9.97 Å². The van der Waals surface area contributed by atoms with Gasteiger partial charge >= 0.3 is 5.97 Å². The molecule has 140 valence electrons. The minimum absolute atomic E-state index is 0.0132. The standard InChI is InChI=1S/C22H19N3O2S/c1-13-3-7-16(8-4-13)19-14(2)28-22-20(19)21(23-12-24-22)25-17-9-5-15(6-10-17)11-18(26)27/h3-10,12H,11H2,1-2H3,(H,26,27)(H,23,24,25). The Bertz CT molecular complexity index is 1150. The zero-order valence-corrected chi connectivity index (χ0v) is 16.4. The zero-order chi connectivity index (χ0) is 19.7. The number of aromatic nitrogens is 2. The van der Waals surface area contributed by atoms with Crippen molar-refractivity contribution in [1.29, 1.82) is 0 Å². The Kier molecular flexibility index (Phi) is 4.79. The van der Waals surface area contributed by atoms with Crippen molar-refractivity contribution in [3.05, 3.63) is 70.9 Å². The maximum Gasteiger partial charge on any atom is 0.307 e. The van der Waals surface area contributed by atoms with Crippen LogP contribution in [0.2, 0.25) is 0 Å². The lowest BCUT2D eigenvalue weighted by molar-refractivity contribution is -0.136. The summed E-state index contributed by atoms with van der Waals surface area (Å²) in [6, 6.07) is 15.8. The molecule has 0 bridgehead atoms. The average molecular weight is 389 g/mol. The summed E-state index contributed by atoms with van der Waals surface area (Å²) in [4.78, 5) is 21.9. The van der Waals surface area contributed by atoms with Gasteiger partial charge in [-0.3, -0.25) is 4.79 Å². The Labute approximate surface area is 166 Å². The number of thiophene rings is 1. The number of nitrogens with zero attached hydrogens (tertiary/aromatic N) is 2. The van der Waals surface area contributed by atoms with Crippen LogP contribution in [-0.2, 0) is 11.2 Å². The van der Waals surface area contributed by atoms with Crippen molar-refractivity contribution in [2.24, 2.45) is 0 Å². The first-order valence-corrected chi connectivity index (χ1v) is 9.72. The zero-order valence-electron chi connectivity index (χ0n) is 15.6. The molecule has 0 fully saturated rings. The van der Waals surface area contributed by atoms with Crippen molar-refractivity contribution in [2.75, 3.05) is 5.32 Å². The Morgan fingerprint density at radius 2 is 1.75 bits per heavy atom. The fourth-order valence-electron chi connectivity index (χ4n) is 3.22. The summed E-state index contributed by atoms with van der Waals surface area (Å²) >= 11 is 1.66. The van der Waals surface area contributed by atoms with Crippen molar-refractivity contribution >= 4 is 39.0 Å². The quantitative estimate of drug-likeness (QED) is 0.481. The molecule has 28 heavy (non-hydrogen) atoms. The number of hydrogen-bond donors (Lipinski definition) is 2. The number of carbonyl (C=O) groups is 1. The van der Waals surface area contributed by atoms with Gasteiger partial charge in [-0.05, 0) is 37.1 Å². The van der Waals surface area contributed by atoms with E-state index in [1.807, 2.05) is 24.3 Å². The number of fused-ring (bicyclic) bond motifs is 1. The summed E-state index contributed by atoms with van der Waals surface area (Å²) in [6.45, 7) is 4.18. The van der Waals surface area contributed by atoms with Crippen LogP contribution in [0.25, 0.3) is 21.3 Å². The van der Waals surface area contributed by atoms with E-state index in [4.69, 9.17) is 5.11 Å². The Balaban J connectivity index is 1.75. The van der Waals surface area contributed by atoms with Crippen LogP contribution in [0, 0.1) is 13.8 Å². The van der Waals surface area contributed by atoms with E-state index in [1.54, 1.807) is 17.7 Å². The van der Waals surface area contributed by atoms with Gasteiger partial charge < -0.3 is 10.4 Å². The smallest absolute Gasteiger partial charge is 0.307 e. The number of rotatable bonds is 5. The molecular weight excluding hydrogens is 370 g/mol. The maximum atomic E-state index is 10.9. The van der Waals surface area contributed by atoms with Gasteiger partial charge in [0.1, 0.15) is 17.0 Å². The van der Waals surface area contributed by atoms with Gasteiger partial charge in [0.05, 0.1) is 11.8 Å². The van der Waals surface area contributed by atoms with E-state index in [0.717, 1.165) is 38.4 Å². The predicted molar refractivity (Wildman–Crippen MR) is 113 cm³/mol. The minimum Gasteiger partial charge on any atom is -0.481 e. The van der Waals surface area contributed by atoms with Crippen molar-refractivity contribution in [1.82, 2.24) is 9.97 Å². The minimum atomic E-state index is -0.838. The van der Waals surface area contributed by atoms with Crippen LogP contribution in [0.5, 0.6) is 0 Å². The Hall–Kier alpha value is -3.25. The van der Waals surface area contributed by atoms with Crippen molar-refractivity contribution < 1.29 is 9.90 Å². The summed E-state index contributed by atoms with van der Waals surface area (Å²) in [5.74, 6) is -0.0920. The fourth-order valence-corrected chi connectivity index (χ4v) is 4.24. The number of aliphatic carboxylic acids is 1. The summed E-state index contributed by atoms with van der Waals surface area (Å²) in [5.41, 5.74) is 5.12. The van der Waals surface area contributed by atoms with E-state index in [9.17, 15) is 4.79 Å². The largest absolute Gasteiger partial charge is 0.481 e. The van der Waals surface area contributed by atoms with E-state index in [-0.39, 0.29) is 6.42 Å². The topological polar surface area (TPSA) is 75.1 Å². The molecule has 0 unspecified atom stereocenters. The van der Waals surface area contributed by atoms with Gasteiger partial charge in [-0.15, -0.1) is 11.3 Å². The highest BCUT2D eigenvalue weighted by Gasteiger charge is 2.17. The Morgan fingerprint density at radius 3 is 2.43 bits per heavy atom. The third-order valence-electron chi connectivity index (χ3n) is 4.58. The second kappa shape index (κ2) is 7.40. The van der Waals surface area contributed by atoms with Gasteiger partial charge in [0, 0.05) is 16.1 Å². The molecule has 0 saturated carbocycles. The van der Waals surface area contributed by atoms with Crippen LogP contribution < -0.4 is 5.32 Å². The third-order valence-corrected chi connectivity index (χ3v) is 5.59. The second-order valence-corrected chi connectivity index (χ2v) is 7.90. The van der Waals surface area contributed by atoms with Crippen LogP contribution in [0.4, 0.5) is 11.5 Å². The Morgan fingerprint density at radius 1 is 1.04 bits per heavy atom. The number of carboxylic acid groups (broad SMARTS) is 1. The molecule has 2 heterocycles. The third kappa shape index (κ3) is 3.59. The molecule has 0 radical (unpaired) electrons. The summed E-state index contributed by atoms with van der Waals surface area (Å²) in [6.07, 6.45) is 1.58. The highest BCUT2D eigenvalue weighted by molar-refractivity contribution is 7.19. The molecule has 0 spiro atoms. The lowest BCUT2D eigenvalue weighted by Crippen LogP contribution is -2.00. The van der Waals surface area contributed by atoms with E-state index in [0.29, 0.717) is 0 Å². The van der Waals surface area contributed by atoms with Crippen LogP contribution in [0.15, 0.2) is 54.9 Å². The lowest BCUT2D eigenvalue weighted by Gasteiger charge is -2.10. The molecule has 6 heteroatoms. The van der Waals surface area contributed by atoms with E-state index >= 15 is 0 Å². The van der Waals surface area contributed by atoms with E-state index in [1.165, 1.54) is 10.4 Å². The molecule has 0 saturated heterocycles. The molecule has 0 aliphatic heterocycles. The van der Waals surface area contributed by atoms with Gasteiger partial charge in [0.15, 0.2) is 0 Å². The highest BCUT2D eigenvalue weighted by Crippen LogP contribution is 2.41. The van der Waals surface area contributed by atoms with Gasteiger partial charge in [-0.2, -0.15) is 0 Å². The molecule has 2 aromatic carbocycles. The van der Waals surface area contributed by atoms with Gasteiger partial charge in [0.25, 0.3) is 0 Å². The van der Waals surface area contributed by atoms with Crippen LogP contribution in [-0.4, -0.2) is 21.0 Å². The molecule has 2 N–H and O–H groups in total. The van der Waals surface area contributed by atoms with E-state index in [2.05, 4.69) is 53.4 Å². The summed E-state index contributed by atoms with van der Waals surface area (Å²) in [5, 5.41) is 13.3. The van der Waals surface area contributed by atoms with Crippen molar-refractivity contribution in [3.8, 4) is 11.1 Å². The van der Waals surface area contributed by atoms with Crippen LogP contribution >= 0.6 is 11.3 Å². The monoisotopic (exact) mass is 389 g/mol. The SMILES string of the molecule is Cc1ccc(-c2c(C)sc3ncnc(Nc4ccc(CC(=O)O)cc4)c23)cc1. The summed E-state index contributed by atoms with van der Waals surface area (Å²) in [7, 11) is 0. The van der Waals surface area contributed by atoms with Crippen LogP contribution in [0.3, 0.4) is 0 Å². The maximum absolute atomic E-state index is 10.9. The summed E-state index contributed by atoms with van der Waals surface area (Å²) < 4.78 is 0. The fraction of sp³-hybridized carbons (Fsp3) is 0.136. The highest BCUT2D eigenvalue weighted by atomic mass is 32.1. The normalized spacial score (nSPS) is 10.9. The number of hydrogen-bond acceptors (Lipinski definition) is 5. The molecule has 0 aliphatic rings. The van der Waals surface area contributed by atoms with Crippen molar-refractivity contribution in [2.45, 2.75) is 20.3 Å². The second-order valence-electron chi connectivity index (χ2n) is 6.69. The molecule has 4 aromatic rings. The lowest BCUT2D eigenvalue weighted by atomic mass is 10.0. The first kappa shape index (κ1) is 18.1. The molecular formula is C22H19N3O2S. The number of aryl methyl sites for hydroxylation is 2. The number of carboxylic acids is 1. The predicted octanol–water partition coefficient (Wildman–Crippen LogP) is 5.35. The number of benzene rings is 2.